The molecule has 1 fully saturated rings. The molecule has 1 N–H and O–H groups in total. The van der Waals surface area contributed by atoms with Crippen molar-refractivity contribution in [1.82, 2.24) is 9.97 Å². The number of anilines is 1. The van der Waals surface area contributed by atoms with Crippen molar-refractivity contribution in [3.8, 4) is 0 Å². The van der Waals surface area contributed by atoms with Gasteiger partial charge in [0.1, 0.15) is 11.9 Å². The van der Waals surface area contributed by atoms with Crippen molar-refractivity contribution in [2.24, 2.45) is 5.92 Å². The Labute approximate surface area is 128 Å². The van der Waals surface area contributed by atoms with Crippen molar-refractivity contribution in [3.05, 3.63) is 15.1 Å². The molecule has 0 amide bonds. The van der Waals surface area contributed by atoms with Gasteiger partial charge in [-0.05, 0) is 61.6 Å². The molecule has 0 aliphatic heterocycles. The first-order valence-electron chi connectivity index (χ1n) is 7.06. The molecule has 4 nitrogen and oxygen atoms in total. The van der Waals surface area contributed by atoms with E-state index in [1.807, 2.05) is 13.8 Å². The van der Waals surface area contributed by atoms with E-state index in [0.29, 0.717) is 12.5 Å². The van der Waals surface area contributed by atoms with Crippen LogP contribution >= 0.6 is 22.6 Å². The Morgan fingerprint density at radius 1 is 1.37 bits per heavy atom. The molecule has 0 radical (unpaired) electrons. The summed E-state index contributed by atoms with van der Waals surface area (Å²) in [6.07, 6.45) is 3.63. The molecule has 0 saturated heterocycles. The summed E-state index contributed by atoms with van der Waals surface area (Å²) in [5.41, 5.74) is 1.04. The monoisotopic (exact) mass is 375 g/mol. The van der Waals surface area contributed by atoms with Gasteiger partial charge in [-0.1, -0.05) is 6.92 Å². The third-order valence-electron chi connectivity index (χ3n) is 3.23. The lowest BCUT2D eigenvalue weighted by Gasteiger charge is -2.17. The fourth-order valence-corrected chi connectivity index (χ4v) is 2.50. The number of nitrogens with one attached hydrogen (secondary N) is 1. The van der Waals surface area contributed by atoms with Crippen LogP contribution in [0.25, 0.3) is 0 Å². The van der Waals surface area contributed by atoms with Crippen molar-refractivity contribution in [1.29, 1.82) is 0 Å². The van der Waals surface area contributed by atoms with Gasteiger partial charge in [0, 0.05) is 13.2 Å². The highest BCUT2D eigenvalue weighted by atomic mass is 127. The molecule has 1 aromatic rings. The maximum absolute atomic E-state index is 5.85. The van der Waals surface area contributed by atoms with E-state index in [2.05, 4.69) is 39.8 Å². The van der Waals surface area contributed by atoms with Crippen LogP contribution in [0.4, 0.5) is 5.82 Å². The SMILES string of the molecule is CCCNc1nc(C(OCC)C2CC2)nc(C)c1I. The first-order chi connectivity index (χ1) is 9.17. The van der Waals surface area contributed by atoms with E-state index in [4.69, 9.17) is 9.72 Å². The minimum atomic E-state index is 0.0721. The van der Waals surface area contributed by atoms with Gasteiger partial charge in [0.2, 0.25) is 0 Å². The lowest BCUT2D eigenvalue weighted by atomic mass is 10.2. The van der Waals surface area contributed by atoms with E-state index in [1.165, 1.54) is 12.8 Å². The first-order valence-corrected chi connectivity index (χ1v) is 8.14. The summed E-state index contributed by atoms with van der Waals surface area (Å²) in [4.78, 5) is 9.33. The molecule has 2 rings (SSSR count). The molecule has 1 aliphatic carbocycles. The molecule has 0 spiro atoms. The van der Waals surface area contributed by atoms with Crippen molar-refractivity contribution in [2.75, 3.05) is 18.5 Å². The summed E-state index contributed by atoms with van der Waals surface area (Å²) < 4.78 is 6.96. The Morgan fingerprint density at radius 3 is 2.68 bits per heavy atom. The zero-order chi connectivity index (χ0) is 13.8. The molecule has 1 aromatic heterocycles. The number of hydrogen-bond donors (Lipinski definition) is 1. The molecule has 1 unspecified atom stereocenters. The fraction of sp³-hybridized carbons (Fsp3) is 0.714. The van der Waals surface area contributed by atoms with Gasteiger partial charge in [-0.25, -0.2) is 9.97 Å². The van der Waals surface area contributed by atoms with Crippen LogP contribution in [-0.4, -0.2) is 23.1 Å². The van der Waals surface area contributed by atoms with E-state index < -0.39 is 0 Å². The molecule has 5 heteroatoms. The number of ether oxygens (including phenoxy) is 1. The van der Waals surface area contributed by atoms with Crippen LogP contribution in [0.3, 0.4) is 0 Å². The number of hydrogen-bond acceptors (Lipinski definition) is 4. The third kappa shape index (κ3) is 3.78. The van der Waals surface area contributed by atoms with Crippen molar-refractivity contribution < 1.29 is 4.74 Å². The Hall–Kier alpha value is -0.430. The smallest absolute Gasteiger partial charge is 0.160 e. The Kier molecular flexibility index (Phi) is 5.38. The summed E-state index contributed by atoms with van der Waals surface area (Å²) in [7, 11) is 0. The lowest BCUT2D eigenvalue weighted by Crippen LogP contribution is -2.15. The zero-order valence-electron chi connectivity index (χ0n) is 11.9. The van der Waals surface area contributed by atoms with E-state index in [1.54, 1.807) is 0 Å². The molecule has 106 valence electrons. The first kappa shape index (κ1) is 15.0. The van der Waals surface area contributed by atoms with Crippen LogP contribution in [0.5, 0.6) is 0 Å². The molecule has 0 aromatic carbocycles. The van der Waals surface area contributed by atoms with Gasteiger partial charge in [0.15, 0.2) is 5.82 Å². The molecule has 0 bridgehead atoms. The lowest BCUT2D eigenvalue weighted by molar-refractivity contribution is 0.0400. The predicted molar refractivity (Wildman–Crippen MR) is 85.4 cm³/mol. The van der Waals surface area contributed by atoms with Gasteiger partial charge < -0.3 is 10.1 Å². The molecule has 1 aliphatic rings. The maximum atomic E-state index is 5.85. The quantitative estimate of drug-likeness (QED) is 0.739. The molecular formula is C14H22IN3O. The molecular weight excluding hydrogens is 353 g/mol. The molecule has 1 atom stereocenters. The van der Waals surface area contributed by atoms with E-state index >= 15 is 0 Å². The number of aromatic nitrogens is 2. The largest absolute Gasteiger partial charge is 0.370 e. The fourth-order valence-electron chi connectivity index (χ4n) is 2.07. The summed E-state index contributed by atoms with van der Waals surface area (Å²) in [6.45, 7) is 7.88. The Balaban J connectivity index is 2.25. The summed E-state index contributed by atoms with van der Waals surface area (Å²) in [5.74, 6) is 2.41. The zero-order valence-corrected chi connectivity index (χ0v) is 14.0. The summed E-state index contributed by atoms with van der Waals surface area (Å²) >= 11 is 2.31. The minimum absolute atomic E-state index is 0.0721. The second-order valence-corrected chi connectivity index (χ2v) is 6.05. The van der Waals surface area contributed by atoms with Crippen molar-refractivity contribution in [2.45, 2.75) is 46.1 Å². The highest BCUT2D eigenvalue weighted by Gasteiger charge is 2.35. The minimum Gasteiger partial charge on any atom is -0.370 e. The average molecular weight is 375 g/mol. The maximum Gasteiger partial charge on any atom is 0.160 e. The van der Waals surface area contributed by atoms with E-state index in [9.17, 15) is 0 Å². The second kappa shape index (κ2) is 6.83. The van der Waals surface area contributed by atoms with Gasteiger partial charge in [0.25, 0.3) is 0 Å². The van der Waals surface area contributed by atoms with Gasteiger partial charge in [-0.3, -0.25) is 0 Å². The highest BCUT2D eigenvalue weighted by Crippen LogP contribution is 2.42. The second-order valence-electron chi connectivity index (χ2n) is 4.97. The number of rotatable bonds is 7. The van der Waals surface area contributed by atoms with Crippen LogP contribution in [0.15, 0.2) is 0 Å². The van der Waals surface area contributed by atoms with Crippen LogP contribution in [0, 0.1) is 16.4 Å². The number of halogens is 1. The van der Waals surface area contributed by atoms with E-state index in [-0.39, 0.29) is 6.10 Å². The Morgan fingerprint density at radius 2 is 2.11 bits per heavy atom. The third-order valence-corrected chi connectivity index (χ3v) is 4.52. The standard InChI is InChI=1S/C14H22IN3O/c1-4-8-16-13-11(15)9(3)17-14(18-13)12(19-5-2)10-6-7-10/h10,12H,4-8H2,1-3H3,(H,16,17,18). The molecule has 19 heavy (non-hydrogen) atoms. The number of nitrogens with zero attached hydrogens (tertiary/aromatic N) is 2. The van der Waals surface area contributed by atoms with Crippen molar-refractivity contribution in [3.63, 3.8) is 0 Å². The molecule has 1 saturated carbocycles. The molecule has 1 heterocycles. The Bertz CT molecular complexity index is 435. The summed E-state index contributed by atoms with van der Waals surface area (Å²) in [6, 6.07) is 0. The van der Waals surface area contributed by atoms with Gasteiger partial charge in [0.05, 0.1) is 9.26 Å². The predicted octanol–water partition coefficient (Wildman–Crippen LogP) is 3.70. The summed E-state index contributed by atoms with van der Waals surface area (Å²) in [5, 5.41) is 3.39. The van der Waals surface area contributed by atoms with Gasteiger partial charge >= 0.3 is 0 Å². The normalized spacial score (nSPS) is 16.4. The topological polar surface area (TPSA) is 47.0 Å². The number of aryl methyl sites for hydroxylation is 1. The van der Waals surface area contributed by atoms with Crippen molar-refractivity contribution >= 4 is 28.4 Å². The van der Waals surface area contributed by atoms with Crippen LogP contribution < -0.4 is 5.32 Å². The van der Waals surface area contributed by atoms with Gasteiger partial charge in [-0.2, -0.15) is 0 Å². The van der Waals surface area contributed by atoms with Crippen LogP contribution in [-0.2, 0) is 4.74 Å². The van der Waals surface area contributed by atoms with Gasteiger partial charge in [-0.15, -0.1) is 0 Å². The van der Waals surface area contributed by atoms with Crippen LogP contribution in [0.1, 0.15) is 50.7 Å². The van der Waals surface area contributed by atoms with Crippen LogP contribution in [0.2, 0.25) is 0 Å². The van der Waals surface area contributed by atoms with E-state index in [0.717, 1.165) is 33.9 Å². The highest BCUT2D eigenvalue weighted by molar-refractivity contribution is 14.1. The average Bonchev–Trinajstić information content (AvgIpc) is 3.22.